The van der Waals surface area contributed by atoms with Crippen molar-refractivity contribution in [3.63, 3.8) is 0 Å². The predicted molar refractivity (Wildman–Crippen MR) is 134 cm³/mol. The number of nitrogens with zero attached hydrogens (tertiary/aromatic N) is 2. The molecule has 31 heavy (non-hydrogen) atoms. The van der Waals surface area contributed by atoms with Crippen molar-refractivity contribution in [2.24, 2.45) is 4.99 Å². The Hall–Kier alpha value is -2.56. The number of nitro benzene ring substituents is 1. The summed E-state index contributed by atoms with van der Waals surface area (Å²) in [4.78, 5) is 14.9. The van der Waals surface area contributed by atoms with Crippen LogP contribution in [0.3, 0.4) is 0 Å². The fourth-order valence-corrected chi connectivity index (χ4v) is 2.88. The SMILES string of the molecule is CCNC(=NCc1ccc([N+](=O)[O-])cc1)NCCCc1ccc(OC)c(OCC)c1.I. The van der Waals surface area contributed by atoms with Gasteiger partial charge in [-0.1, -0.05) is 18.2 Å². The van der Waals surface area contributed by atoms with Gasteiger partial charge in [0.1, 0.15) is 0 Å². The van der Waals surface area contributed by atoms with E-state index >= 15 is 0 Å². The number of guanidine groups is 1. The van der Waals surface area contributed by atoms with Crippen molar-refractivity contribution < 1.29 is 14.4 Å². The van der Waals surface area contributed by atoms with Gasteiger partial charge >= 0.3 is 0 Å². The first kappa shape index (κ1) is 26.5. The number of rotatable bonds is 11. The minimum absolute atomic E-state index is 0. The maximum absolute atomic E-state index is 10.7. The molecule has 2 rings (SSSR count). The zero-order valence-corrected chi connectivity index (χ0v) is 20.6. The third-order valence-electron chi connectivity index (χ3n) is 4.37. The number of nitro groups is 1. The van der Waals surface area contributed by atoms with E-state index in [1.807, 2.05) is 26.0 Å². The summed E-state index contributed by atoms with van der Waals surface area (Å²) in [6.07, 6.45) is 1.83. The molecular formula is C22H31IN4O4. The van der Waals surface area contributed by atoms with Crippen molar-refractivity contribution in [1.29, 1.82) is 0 Å². The normalized spacial score (nSPS) is 10.7. The maximum Gasteiger partial charge on any atom is 0.269 e. The molecule has 0 aliphatic rings. The highest BCUT2D eigenvalue weighted by atomic mass is 127. The van der Waals surface area contributed by atoms with Gasteiger partial charge in [-0.25, -0.2) is 4.99 Å². The molecule has 0 amide bonds. The van der Waals surface area contributed by atoms with Crippen molar-refractivity contribution in [2.75, 3.05) is 26.8 Å². The fourth-order valence-electron chi connectivity index (χ4n) is 2.88. The van der Waals surface area contributed by atoms with E-state index in [1.54, 1.807) is 19.2 Å². The van der Waals surface area contributed by atoms with Gasteiger partial charge in [0.15, 0.2) is 17.5 Å². The summed E-state index contributed by atoms with van der Waals surface area (Å²) in [6.45, 7) is 6.52. The van der Waals surface area contributed by atoms with Gasteiger partial charge in [0.05, 0.1) is 25.2 Å². The van der Waals surface area contributed by atoms with Crippen LogP contribution in [0.15, 0.2) is 47.5 Å². The molecule has 0 fully saturated rings. The summed E-state index contributed by atoms with van der Waals surface area (Å²) in [5.74, 6) is 2.23. The lowest BCUT2D eigenvalue weighted by Gasteiger charge is -2.13. The van der Waals surface area contributed by atoms with E-state index in [9.17, 15) is 10.1 Å². The van der Waals surface area contributed by atoms with Gasteiger partial charge in [-0.05, 0) is 49.9 Å². The van der Waals surface area contributed by atoms with E-state index < -0.39 is 4.92 Å². The van der Waals surface area contributed by atoms with E-state index in [4.69, 9.17) is 9.47 Å². The molecule has 0 spiro atoms. The van der Waals surface area contributed by atoms with E-state index in [2.05, 4.69) is 21.7 Å². The average Bonchev–Trinajstić information content (AvgIpc) is 2.75. The van der Waals surface area contributed by atoms with Crippen molar-refractivity contribution >= 4 is 35.6 Å². The van der Waals surface area contributed by atoms with Crippen LogP contribution in [-0.2, 0) is 13.0 Å². The third-order valence-corrected chi connectivity index (χ3v) is 4.37. The van der Waals surface area contributed by atoms with Crippen LogP contribution in [0.4, 0.5) is 5.69 Å². The minimum Gasteiger partial charge on any atom is -0.493 e. The Morgan fingerprint density at radius 3 is 2.39 bits per heavy atom. The first-order chi connectivity index (χ1) is 14.6. The van der Waals surface area contributed by atoms with Crippen molar-refractivity contribution in [1.82, 2.24) is 10.6 Å². The number of methoxy groups -OCH3 is 1. The largest absolute Gasteiger partial charge is 0.493 e. The lowest BCUT2D eigenvalue weighted by molar-refractivity contribution is -0.384. The van der Waals surface area contributed by atoms with Crippen LogP contribution in [0, 0.1) is 10.1 Å². The highest BCUT2D eigenvalue weighted by molar-refractivity contribution is 14.0. The summed E-state index contributed by atoms with van der Waals surface area (Å²) in [5, 5.41) is 17.3. The molecule has 0 unspecified atom stereocenters. The topological polar surface area (TPSA) is 98.0 Å². The fraction of sp³-hybridized carbons (Fsp3) is 0.409. The highest BCUT2D eigenvalue weighted by Crippen LogP contribution is 2.28. The van der Waals surface area contributed by atoms with Crippen LogP contribution in [0.2, 0.25) is 0 Å². The number of halogens is 1. The highest BCUT2D eigenvalue weighted by Gasteiger charge is 2.06. The molecular weight excluding hydrogens is 511 g/mol. The molecule has 0 aromatic heterocycles. The van der Waals surface area contributed by atoms with E-state index in [0.717, 1.165) is 49.0 Å². The average molecular weight is 542 g/mol. The second-order valence-corrected chi connectivity index (χ2v) is 6.57. The number of aryl methyl sites for hydroxylation is 1. The van der Waals surface area contributed by atoms with Crippen LogP contribution in [0.25, 0.3) is 0 Å². The van der Waals surface area contributed by atoms with Gasteiger partial charge < -0.3 is 20.1 Å². The number of hydrogen-bond acceptors (Lipinski definition) is 5. The molecule has 9 heteroatoms. The van der Waals surface area contributed by atoms with Crippen LogP contribution >= 0.6 is 24.0 Å². The molecule has 8 nitrogen and oxygen atoms in total. The lowest BCUT2D eigenvalue weighted by Crippen LogP contribution is -2.37. The zero-order valence-electron chi connectivity index (χ0n) is 18.2. The number of hydrogen-bond donors (Lipinski definition) is 2. The van der Waals surface area contributed by atoms with Gasteiger partial charge in [-0.3, -0.25) is 10.1 Å². The van der Waals surface area contributed by atoms with Gasteiger partial charge in [0, 0.05) is 25.2 Å². The summed E-state index contributed by atoms with van der Waals surface area (Å²) < 4.78 is 11.0. The maximum atomic E-state index is 10.7. The summed E-state index contributed by atoms with van der Waals surface area (Å²) in [5.41, 5.74) is 2.19. The molecule has 0 bridgehead atoms. The quantitative estimate of drug-likeness (QED) is 0.110. The number of aliphatic imine (C=N–C) groups is 1. The van der Waals surface area contributed by atoms with Crippen LogP contribution < -0.4 is 20.1 Å². The third kappa shape index (κ3) is 8.99. The Kier molecular flexibility index (Phi) is 12.3. The summed E-state index contributed by atoms with van der Waals surface area (Å²) in [7, 11) is 1.64. The van der Waals surface area contributed by atoms with Crippen molar-refractivity contribution in [3.8, 4) is 11.5 Å². The smallest absolute Gasteiger partial charge is 0.269 e. The Morgan fingerprint density at radius 2 is 1.77 bits per heavy atom. The second kappa shape index (κ2) is 14.4. The van der Waals surface area contributed by atoms with Gasteiger partial charge in [0.25, 0.3) is 5.69 Å². The number of non-ortho nitro benzene ring substituents is 1. The molecule has 2 aromatic rings. The Balaban J connectivity index is 0.00000480. The van der Waals surface area contributed by atoms with Crippen LogP contribution in [-0.4, -0.2) is 37.7 Å². The monoisotopic (exact) mass is 542 g/mol. The predicted octanol–water partition coefficient (Wildman–Crippen LogP) is 4.31. The molecule has 2 N–H and O–H groups in total. The zero-order chi connectivity index (χ0) is 21.8. The van der Waals surface area contributed by atoms with Gasteiger partial charge in [-0.2, -0.15) is 0 Å². The molecule has 0 atom stereocenters. The Bertz CT molecular complexity index is 844. The summed E-state index contributed by atoms with van der Waals surface area (Å²) in [6, 6.07) is 12.5. The molecule has 170 valence electrons. The number of benzene rings is 2. The standard InChI is InChI=1S/C22H30N4O4.HI/c1-4-23-22(25-16-18-8-11-19(12-9-18)26(27)28)24-14-6-7-17-10-13-20(29-3)21(15-17)30-5-2;/h8-13,15H,4-7,14,16H2,1-3H3,(H2,23,24,25);1H. The molecule has 0 aliphatic heterocycles. The van der Waals surface area contributed by atoms with E-state index in [0.29, 0.717) is 13.2 Å². The van der Waals surface area contributed by atoms with Gasteiger partial charge in [-0.15, -0.1) is 24.0 Å². The van der Waals surface area contributed by atoms with Crippen molar-refractivity contribution in [3.05, 3.63) is 63.7 Å². The van der Waals surface area contributed by atoms with Crippen LogP contribution in [0.1, 0.15) is 31.4 Å². The summed E-state index contributed by atoms with van der Waals surface area (Å²) >= 11 is 0. The van der Waals surface area contributed by atoms with E-state index in [-0.39, 0.29) is 29.7 Å². The first-order valence-electron chi connectivity index (χ1n) is 10.1. The van der Waals surface area contributed by atoms with Crippen LogP contribution in [0.5, 0.6) is 11.5 Å². The minimum atomic E-state index is -0.404. The van der Waals surface area contributed by atoms with Gasteiger partial charge in [0.2, 0.25) is 0 Å². The van der Waals surface area contributed by atoms with Crippen molar-refractivity contribution in [2.45, 2.75) is 33.2 Å². The molecule has 0 aliphatic carbocycles. The Morgan fingerprint density at radius 1 is 1.06 bits per heavy atom. The Labute approximate surface area is 200 Å². The first-order valence-corrected chi connectivity index (χ1v) is 10.1. The lowest BCUT2D eigenvalue weighted by atomic mass is 10.1. The molecule has 2 aromatic carbocycles. The molecule has 0 radical (unpaired) electrons. The second-order valence-electron chi connectivity index (χ2n) is 6.57. The molecule has 0 saturated carbocycles. The number of nitrogens with one attached hydrogen (secondary N) is 2. The number of ether oxygens (including phenoxy) is 2. The molecule has 0 saturated heterocycles. The molecule has 0 heterocycles. The van der Waals surface area contributed by atoms with E-state index in [1.165, 1.54) is 17.7 Å².